The number of aryl methyl sites for hydroxylation is 1. The number of rotatable bonds is 4. The van der Waals surface area contributed by atoms with Gasteiger partial charge in [0.1, 0.15) is 12.0 Å². The van der Waals surface area contributed by atoms with Gasteiger partial charge in [0, 0.05) is 12.5 Å². The first-order chi connectivity index (χ1) is 8.18. The van der Waals surface area contributed by atoms with Gasteiger partial charge < -0.3 is 5.11 Å². The van der Waals surface area contributed by atoms with Gasteiger partial charge >= 0.3 is 5.97 Å². The average molecular weight is 237 g/mol. The third kappa shape index (κ3) is 2.69. The van der Waals surface area contributed by atoms with E-state index >= 15 is 0 Å². The summed E-state index contributed by atoms with van der Waals surface area (Å²) in [6.45, 7) is 0. The van der Waals surface area contributed by atoms with Crippen LogP contribution in [0.2, 0.25) is 0 Å². The first kappa shape index (κ1) is 11.8. The maximum Gasteiger partial charge on any atom is 0.303 e. The Morgan fingerprint density at radius 3 is 2.82 bits per heavy atom. The lowest BCUT2D eigenvalue weighted by Gasteiger charge is -2.12. The van der Waals surface area contributed by atoms with Gasteiger partial charge in [0.15, 0.2) is 0 Å². The molecule has 6 heteroatoms. The van der Waals surface area contributed by atoms with Gasteiger partial charge in [-0.15, -0.1) is 10.2 Å². The highest BCUT2D eigenvalue weighted by Crippen LogP contribution is 2.27. The molecule has 0 atom stereocenters. The van der Waals surface area contributed by atoms with Crippen molar-refractivity contribution in [2.24, 2.45) is 0 Å². The summed E-state index contributed by atoms with van der Waals surface area (Å²) >= 11 is 0. The van der Waals surface area contributed by atoms with Crippen molar-refractivity contribution in [1.29, 1.82) is 0 Å². The Kier molecular flexibility index (Phi) is 3.51. The quantitative estimate of drug-likeness (QED) is 0.836. The van der Waals surface area contributed by atoms with Crippen LogP contribution >= 0.6 is 0 Å². The first-order valence-corrected chi connectivity index (χ1v) is 5.83. The zero-order valence-electron chi connectivity index (χ0n) is 9.50. The Bertz CT molecular complexity index is 463. The molecule has 2 rings (SSSR count). The smallest absolute Gasteiger partial charge is 0.303 e. The van der Waals surface area contributed by atoms with E-state index in [1.165, 1.54) is 6.33 Å². The predicted molar refractivity (Wildman–Crippen MR) is 59.8 cm³/mol. The molecule has 0 radical (unpaired) electrons. The normalized spacial score (nSPS) is 16.2. The van der Waals surface area contributed by atoms with Crippen molar-refractivity contribution < 1.29 is 9.90 Å². The van der Waals surface area contributed by atoms with Gasteiger partial charge in [-0.25, -0.2) is 0 Å². The van der Waals surface area contributed by atoms with Gasteiger partial charge in [-0.1, -0.05) is 12.8 Å². The lowest BCUT2D eigenvalue weighted by atomic mass is 10.2. The Labute approximate surface area is 98.3 Å². The van der Waals surface area contributed by atoms with E-state index < -0.39 is 5.97 Å². The molecule has 1 N–H and O–H groups in total. The van der Waals surface area contributed by atoms with Crippen LogP contribution in [0.25, 0.3) is 0 Å². The zero-order valence-corrected chi connectivity index (χ0v) is 9.50. The van der Waals surface area contributed by atoms with Crippen LogP contribution < -0.4 is 5.56 Å². The third-order valence-electron chi connectivity index (χ3n) is 3.13. The molecule has 1 aromatic rings. The number of hydrogen-bond donors (Lipinski definition) is 1. The number of hydrogen-bond acceptors (Lipinski definition) is 4. The molecule has 1 aliphatic carbocycles. The Morgan fingerprint density at radius 2 is 2.18 bits per heavy atom. The molecular formula is C11H15N3O3. The summed E-state index contributed by atoms with van der Waals surface area (Å²) in [6, 6.07) is 0.210. The SMILES string of the molecule is O=C(O)CCc1nncn(C2CCCC2)c1=O. The molecule has 1 fully saturated rings. The molecule has 1 aliphatic rings. The van der Waals surface area contributed by atoms with Crippen molar-refractivity contribution in [3.05, 3.63) is 22.4 Å². The molecule has 17 heavy (non-hydrogen) atoms. The topological polar surface area (TPSA) is 85.1 Å². The Morgan fingerprint density at radius 1 is 1.47 bits per heavy atom. The van der Waals surface area contributed by atoms with E-state index in [0.29, 0.717) is 0 Å². The molecule has 1 heterocycles. The molecule has 0 saturated heterocycles. The second kappa shape index (κ2) is 5.07. The van der Waals surface area contributed by atoms with Gasteiger partial charge in [-0.05, 0) is 12.8 Å². The molecule has 1 aromatic heterocycles. The van der Waals surface area contributed by atoms with E-state index in [0.717, 1.165) is 25.7 Å². The van der Waals surface area contributed by atoms with Crippen molar-refractivity contribution in [1.82, 2.24) is 14.8 Å². The van der Waals surface area contributed by atoms with E-state index in [-0.39, 0.29) is 30.1 Å². The van der Waals surface area contributed by atoms with Gasteiger partial charge in [-0.2, -0.15) is 0 Å². The second-order valence-corrected chi connectivity index (χ2v) is 4.32. The first-order valence-electron chi connectivity index (χ1n) is 5.83. The minimum Gasteiger partial charge on any atom is -0.481 e. The summed E-state index contributed by atoms with van der Waals surface area (Å²) < 4.78 is 1.61. The summed E-state index contributed by atoms with van der Waals surface area (Å²) in [5, 5.41) is 16.1. The number of aliphatic carboxylic acids is 1. The number of carboxylic acids is 1. The molecule has 0 amide bonds. The standard InChI is InChI=1S/C11H15N3O3/c15-10(16)6-5-9-11(17)14(7-12-13-9)8-3-1-2-4-8/h7-8H,1-6H2,(H,15,16). The fourth-order valence-electron chi connectivity index (χ4n) is 2.22. The zero-order chi connectivity index (χ0) is 12.3. The molecule has 6 nitrogen and oxygen atoms in total. The van der Waals surface area contributed by atoms with Crippen molar-refractivity contribution in [2.45, 2.75) is 44.6 Å². The van der Waals surface area contributed by atoms with Crippen LogP contribution in [0.15, 0.2) is 11.1 Å². The van der Waals surface area contributed by atoms with Crippen LogP contribution in [0.4, 0.5) is 0 Å². The van der Waals surface area contributed by atoms with Crippen molar-refractivity contribution in [3.8, 4) is 0 Å². The highest BCUT2D eigenvalue weighted by atomic mass is 16.4. The molecule has 0 aliphatic heterocycles. The van der Waals surface area contributed by atoms with Crippen LogP contribution in [-0.4, -0.2) is 25.8 Å². The maximum absolute atomic E-state index is 12.0. The third-order valence-corrected chi connectivity index (χ3v) is 3.13. The average Bonchev–Trinajstić information content (AvgIpc) is 2.81. The summed E-state index contributed by atoms with van der Waals surface area (Å²) in [5.41, 5.74) is 0.0648. The number of carbonyl (C=O) groups is 1. The van der Waals surface area contributed by atoms with E-state index in [4.69, 9.17) is 5.11 Å². The van der Waals surface area contributed by atoms with Gasteiger partial charge in [-0.3, -0.25) is 14.2 Å². The molecular weight excluding hydrogens is 222 g/mol. The second-order valence-electron chi connectivity index (χ2n) is 4.32. The van der Waals surface area contributed by atoms with E-state index in [2.05, 4.69) is 10.2 Å². The fraction of sp³-hybridized carbons (Fsp3) is 0.636. The Hall–Kier alpha value is -1.72. The molecule has 1 saturated carbocycles. The number of carboxylic acid groups (broad SMARTS) is 1. The monoisotopic (exact) mass is 237 g/mol. The minimum atomic E-state index is -0.928. The van der Waals surface area contributed by atoms with Crippen molar-refractivity contribution in [3.63, 3.8) is 0 Å². The molecule has 0 spiro atoms. The summed E-state index contributed by atoms with van der Waals surface area (Å²) in [5.74, 6) is -0.928. The van der Waals surface area contributed by atoms with Crippen molar-refractivity contribution >= 4 is 5.97 Å². The molecule has 0 bridgehead atoms. The molecule has 92 valence electrons. The predicted octanol–water partition coefficient (Wildman–Crippen LogP) is 0.771. The van der Waals surface area contributed by atoms with Crippen LogP contribution in [-0.2, 0) is 11.2 Å². The van der Waals surface area contributed by atoms with Gasteiger partial charge in [0.2, 0.25) is 0 Å². The minimum absolute atomic E-state index is 0.0847. The van der Waals surface area contributed by atoms with Crippen LogP contribution in [0.1, 0.15) is 43.8 Å². The largest absolute Gasteiger partial charge is 0.481 e. The summed E-state index contributed by atoms with van der Waals surface area (Å²) in [4.78, 5) is 22.5. The molecule has 0 unspecified atom stereocenters. The lowest BCUT2D eigenvalue weighted by molar-refractivity contribution is -0.136. The maximum atomic E-state index is 12.0. The van der Waals surface area contributed by atoms with Crippen LogP contribution in [0, 0.1) is 0 Å². The summed E-state index contributed by atoms with van der Waals surface area (Å²) in [7, 11) is 0. The Balaban J connectivity index is 2.20. The summed E-state index contributed by atoms with van der Waals surface area (Å²) in [6.07, 6.45) is 5.76. The highest BCUT2D eigenvalue weighted by molar-refractivity contribution is 5.66. The lowest BCUT2D eigenvalue weighted by Crippen LogP contribution is -2.28. The number of nitrogens with zero attached hydrogens (tertiary/aromatic N) is 3. The van der Waals surface area contributed by atoms with Crippen LogP contribution in [0.5, 0.6) is 0 Å². The number of aromatic nitrogens is 3. The van der Waals surface area contributed by atoms with Gasteiger partial charge in [0.25, 0.3) is 5.56 Å². The molecule has 0 aromatic carbocycles. The highest BCUT2D eigenvalue weighted by Gasteiger charge is 2.19. The van der Waals surface area contributed by atoms with Gasteiger partial charge in [0.05, 0.1) is 6.42 Å². The van der Waals surface area contributed by atoms with E-state index in [9.17, 15) is 9.59 Å². The van der Waals surface area contributed by atoms with E-state index in [1.54, 1.807) is 4.57 Å². The van der Waals surface area contributed by atoms with E-state index in [1.807, 2.05) is 0 Å². The van der Waals surface area contributed by atoms with Crippen molar-refractivity contribution in [2.75, 3.05) is 0 Å². The fourth-order valence-corrected chi connectivity index (χ4v) is 2.22. The van der Waals surface area contributed by atoms with Crippen LogP contribution in [0.3, 0.4) is 0 Å².